The highest BCUT2D eigenvalue weighted by molar-refractivity contribution is 5.85. The fraction of sp³-hybridized carbons (Fsp3) is 0.500. The Bertz CT molecular complexity index is 663. The van der Waals surface area contributed by atoms with Crippen LogP contribution in [0.5, 0.6) is 0 Å². The number of halogens is 3. The maximum atomic E-state index is 12.6. The lowest BCUT2D eigenvalue weighted by molar-refractivity contribution is -0.155. The van der Waals surface area contributed by atoms with E-state index >= 15 is 0 Å². The molecule has 0 aliphatic carbocycles. The molecule has 2 amide bonds. The number of fused-ring (bicyclic) bond motifs is 1. The number of alkyl halides is 3. The van der Waals surface area contributed by atoms with E-state index in [4.69, 9.17) is 10.5 Å². The molecule has 0 saturated carbocycles. The lowest BCUT2D eigenvalue weighted by Gasteiger charge is -2.35. The van der Waals surface area contributed by atoms with E-state index in [1.807, 2.05) is 4.90 Å². The van der Waals surface area contributed by atoms with Crippen LogP contribution in [0.3, 0.4) is 0 Å². The highest BCUT2D eigenvalue weighted by atomic mass is 19.4. The van der Waals surface area contributed by atoms with Crippen LogP contribution in [0.1, 0.15) is 11.1 Å². The van der Waals surface area contributed by atoms with Crippen molar-refractivity contribution >= 4 is 11.8 Å². The number of nitrogens with zero attached hydrogens (tertiary/aromatic N) is 2. The van der Waals surface area contributed by atoms with Crippen molar-refractivity contribution in [1.29, 1.82) is 0 Å². The van der Waals surface area contributed by atoms with Crippen LogP contribution in [0, 0.1) is 0 Å². The third-order valence-electron chi connectivity index (χ3n) is 4.47. The van der Waals surface area contributed by atoms with Gasteiger partial charge in [-0.1, -0.05) is 12.1 Å². The molecule has 2 atom stereocenters. The fourth-order valence-corrected chi connectivity index (χ4v) is 3.30. The molecule has 1 aromatic rings. The van der Waals surface area contributed by atoms with Gasteiger partial charge < -0.3 is 15.4 Å². The first-order chi connectivity index (χ1) is 11.7. The van der Waals surface area contributed by atoms with Gasteiger partial charge >= 0.3 is 6.18 Å². The maximum Gasteiger partial charge on any atom is 0.416 e. The number of hydrogen-bond acceptors (Lipinski definition) is 4. The van der Waals surface area contributed by atoms with Gasteiger partial charge in [0.05, 0.1) is 24.3 Å². The minimum atomic E-state index is -4.36. The second kappa shape index (κ2) is 6.64. The third-order valence-corrected chi connectivity index (χ3v) is 4.47. The number of likely N-dealkylation sites (tertiary alicyclic amines) is 1. The molecule has 2 N–H and O–H groups in total. The number of morpholine rings is 1. The van der Waals surface area contributed by atoms with Crippen molar-refractivity contribution in [2.24, 2.45) is 5.73 Å². The molecule has 136 valence electrons. The number of benzene rings is 1. The van der Waals surface area contributed by atoms with E-state index in [9.17, 15) is 22.8 Å². The van der Waals surface area contributed by atoms with Crippen molar-refractivity contribution in [1.82, 2.24) is 9.80 Å². The topological polar surface area (TPSA) is 75.9 Å². The van der Waals surface area contributed by atoms with Gasteiger partial charge in [0.15, 0.2) is 0 Å². The summed E-state index contributed by atoms with van der Waals surface area (Å²) in [5, 5.41) is 0. The van der Waals surface area contributed by atoms with E-state index in [0.29, 0.717) is 19.6 Å². The van der Waals surface area contributed by atoms with Gasteiger partial charge in [0.2, 0.25) is 11.8 Å². The van der Waals surface area contributed by atoms with Crippen molar-refractivity contribution in [2.75, 3.05) is 26.2 Å². The Morgan fingerprint density at radius 2 is 1.92 bits per heavy atom. The molecule has 2 heterocycles. The lowest BCUT2D eigenvalue weighted by Crippen LogP contribution is -2.56. The smallest absolute Gasteiger partial charge is 0.368 e. The molecule has 0 spiro atoms. The molecule has 0 unspecified atom stereocenters. The zero-order valence-electron chi connectivity index (χ0n) is 13.3. The molecule has 3 rings (SSSR count). The maximum absolute atomic E-state index is 12.6. The van der Waals surface area contributed by atoms with E-state index in [2.05, 4.69) is 0 Å². The number of carbonyl (C=O) groups excluding carboxylic acids is 2. The average molecular weight is 357 g/mol. The molecule has 25 heavy (non-hydrogen) atoms. The summed E-state index contributed by atoms with van der Waals surface area (Å²) in [6.07, 6.45) is -4.59. The number of primary amides is 1. The van der Waals surface area contributed by atoms with Crippen molar-refractivity contribution < 1.29 is 27.5 Å². The van der Waals surface area contributed by atoms with Crippen LogP contribution < -0.4 is 5.73 Å². The molecule has 9 heteroatoms. The minimum absolute atomic E-state index is 0.0947. The van der Waals surface area contributed by atoms with Gasteiger partial charge in [0.1, 0.15) is 6.61 Å². The Balaban J connectivity index is 1.66. The Hall–Kier alpha value is -2.13. The molecule has 2 saturated heterocycles. The molecule has 0 aromatic heterocycles. The van der Waals surface area contributed by atoms with Crippen LogP contribution >= 0.6 is 0 Å². The molecule has 2 fully saturated rings. The number of hydrogen-bond donors (Lipinski definition) is 1. The van der Waals surface area contributed by atoms with E-state index in [1.54, 1.807) is 0 Å². The van der Waals surface area contributed by atoms with Crippen molar-refractivity contribution in [3.8, 4) is 0 Å². The largest absolute Gasteiger partial charge is 0.416 e. The van der Waals surface area contributed by atoms with Crippen LogP contribution in [-0.2, 0) is 27.0 Å². The fourth-order valence-electron chi connectivity index (χ4n) is 3.30. The van der Waals surface area contributed by atoms with Crippen molar-refractivity contribution in [3.05, 3.63) is 35.4 Å². The van der Waals surface area contributed by atoms with E-state index in [-0.39, 0.29) is 31.2 Å². The molecule has 0 bridgehead atoms. The number of rotatable bonds is 4. The summed E-state index contributed by atoms with van der Waals surface area (Å²) in [5.41, 5.74) is 5.25. The SMILES string of the molecule is NC(=O)CN1C(=O)CO[C@H]2CN(Cc3ccc(C(F)(F)F)cc3)C[C@H]21. The second-order valence-corrected chi connectivity index (χ2v) is 6.29. The molecule has 6 nitrogen and oxygen atoms in total. The van der Waals surface area contributed by atoms with Crippen LogP contribution in [-0.4, -0.2) is 60.0 Å². The molecular formula is C16H18F3N3O3. The quantitative estimate of drug-likeness (QED) is 0.856. The molecule has 0 radical (unpaired) electrons. The van der Waals surface area contributed by atoms with E-state index < -0.39 is 17.6 Å². The van der Waals surface area contributed by atoms with E-state index in [0.717, 1.165) is 17.7 Å². The van der Waals surface area contributed by atoms with Gasteiger partial charge in [0.25, 0.3) is 0 Å². The summed E-state index contributed by atoms with van der Waals surface area (Å²) in [6.45, 7) is 1.20. The highest BCUT2D eigenvalue weighted by Gasteiger charge is 2.43. The minimum Gasteiger partial charge on any atom is -0.368 e. The highest BCUT2D eigenvalue weighted by Crippen LogP contribution is 2.30. The van der Waals surface area contributed by atoms with Gasteiger partial charge in [-0.15, -0.1) is 0 Å². The Morgan fingerprint density at radius 1 is 1.24 bits per heavy atom. The molecule has 2 aliphatic heterocycles. The number of ether oxygens (including phenoxy) is 1. The molecule has 2 aliphatic rings. The zero-order chi connectivity index (χ0) is 18.2. The molecular weight excluding hydrogens is 339 g/mol. The van der Waals surface area contributed by atoms with Gasteiger partial charge in [0, 0.05) is 19.6 Å². The summed E-state index contributed by atoms with van der Waals surface area (Å²) in [4.78, 5) is 26.5. The standard InChI is InChI=1S/C16H18F3N3O3/c17-16(18,19)11-3-1-10(2-4-11)5-21-6-12-13(7-21)25-9-15(24)22(12)8-14(20)23/h1-4,12-13H,5-9H2,(H2,20,23)/t12-,13+/m1/s1. The molecule has 1 aromatic carbocycles. The zero-order valence-corrected chi connectivity index (χ0v) is 13.3. The van der Waals surface area contributed by atoms with Crippen molar-refractivity contribution in [3.63, 3.8) is 0 Å². The monoisotopic (exact) mass is 357 g/mol. The van der Waals surface area contributed by atoms with Gasteiger partial charge in [-0.05, 0) is 17.7 Å². The second-order valence-electron chi connectivity index (χ2n) is 6.29. The predicted octanol–water partition coefficient (Wildman–Crippen LogP) is 0.602. The first-order valence-electron chi connectivity index (χ1n) is 7.82. The summed E-state index contributed by atoms with van der Waals surface area (Å²) in [6, 6.07) is 4.72. The van der Waals surface area contributed by atoms with Crippen LogP contribution in [0.2, 0.25) is 0 Å². The van der Waals surface area contributed by atoms with Crippen LogP contribution in [0.15, 0.2) is 24.3 Å². The first-order valence-corrected chi connectivity index (χ1v) is 7.82. The first kappa shape index (κ1) is 17.7. The lowest BCUT2D eigenvalue weighted by atomic mass is 10.1. The third kappa shape index (κ3) is 3.93. The summed E-state index contributed by atoms with van der Waals surface area (Å²) in [7, 11) is 0. The van der Waals surface area contributed by atoms with Gasteiger partial charge in [-0.3, -0.25) is 14.5 Å². The normalized spacial score (nSPS) is 24.4. The Morgan fingerprint density at radius 3 is 2.52 bits per heavy atom. The van der Waals surface area contributed by atoms with Gasteiger partial charge in [-0.25, -0.2) is 0 Å². The Kier molecular flexibility index (Phi) is 4.70. The summed E-state index contributed by atoms with van der Waals surface area (Å²) < 4.78 is 43.3. The predicted molar refractivity (Wildman–Crippen MR) is 81.2 cm³/mol. The summed E-state index contributed by atoms with van der Waals surface area (Å²) in [5.74, 6) is -0.869. The van der Waals surface area contributed by atoms with E-state index in [1.165, 1.54) is 17.0 Å². The summed E-state index contributed by atoms with van der Waals surface area (Å²) >= 11 is 0. The van der Waals surface area contributed by atoms with Crippen LogP contribution in [0.4, 0.5) is 13.2 Å². The number of carbonyl (C=O) groups is 2. The average Bonchev–Trinajstić information content (AvgIpc) is 2.92. The van der Waals surface area contributed by atoms with Gasteiger partial charge in [-0.2, -0.15) is 13.2 Å². The number of nitrogens with two attached hydrogens (primary N) is 1. The number of amides is 2. The Labute approximate surface area is 142 Å². The van der Waals surface area contributed by atoms with Crippen LogP contribution in [0.25, 0.3) is 0 Å². The van der Waals surface area contributed by atoms with Crippen molar-refractivity contribution in [2.45, 2.75) is 24.9 Å².